The third-order valence-electron chi connectivity index (χ3n) is 4.48. The summed E-state index contributed by atoms with van der Waals surface area (Å²) < 4.78 is 16.8. The van der Waals surface area contributed by atoms with E-state index in [0.29, 0.717) is 71.2 Å². The lowest BCUT2D eigenvalue weighted by Crippen LogP contribution is -2.02. The molecule has 4 aromatic rings. The van der Waals surface area contributed by atoms with Crippen LogP contribution in [-0.2, 0) is 0 Å². The molecule has 9 nitrogen and oxygen atoms in total. The molecule has 4 rings (SSSR count). The highest BCUT2D eigenvalue weighted by Gasteiger charge is 2.15. The predicted molar refractivity (Wildman–Crippen MR) is 123 cm³/mol. The topological polar surface area (TPSA) is 105 Å². The van der Waals surface area contributed by atoms with E-state index in [9.17, 15) is 0 Å². The van der Waals surface area contributed by atoms with E-state index in [0.717, 1.165) is 0 Å². The van der Waals surface area contributed by atoms with Gasteiger partial charge in [-0.25, -0.2) is 15.0 Å². The maximum Gasteiger partial charge on any atom is 0.165 e. The summed E-state index contributed by atoms with van der Waals surface area (Å²) in [6.45, 7) is 7.35. The maximum absolute atomic E-state index is 5.60. The highest BCUT2D eigenvalue weighted by molar-refractivity contribution is 5.66. The average molecular weight is 444 g/mol. The Kier molecular flexibility index (Phi) is 6.99. The number of rotatable bonds is 9. The molecule has 0 unspecified atom stereocenters. The summed E-state index contributed by atoms with van der Waals surface area (Å²) in [5.41, 5.74) is 2.11. The Balaban J connectivity index is 1.85. The van der Waals surface area contributed by atoms with Gasteiger partial charge in [0.1, 0.15) is 17.2 Å². The third kappa shape index (κ3) is 5.38. The molecule has 0 amide bonds. The van der Waals surface area contributed by atoms with Crippen LogP contribution in [0.15, 0.2) is 55.4 Å². The van der Waals surface area contributed by atoms with Gasteiger partial charge in [0.25, 0.3) is 0 Å². The van der Waals surface area contributed by atoms with Gasteiger partial charge < -0.3 is 14.2 Å². The number of pyridine rings is 3. The van der Waals surface area contributed by atoms with Crippen molar-refractivity contribution in [1.82, 2.24) is 29.9 Å². The smallest absolute Gasteiger partial charge is 0.165 e. The van der Waals surface area contributed by atoms with Crippen molar-refractivity contribution in [1.29, 1.82) is 0 Å². The number of hydrogen-bond donors (Lipinski definition) is 0. The molecule has 0 aliphatic heterocycles. The van der Waals surface area contributed by atoms with Crippen LogP contribution < -0.4 is 14.2 Å². The Morgan fingerprint density at radius 3 is 1.06 bits per heavy atom. The van der Waals surface area contributed by atoms with E-state index in [1.54, 1.807) is 37.2 Å². The quantitative estimate of drug-likeness (QED) is 0.374. The summed E-state index contributed by atoms with van der Waals surface area (Å²) in [6.07, 6.45) is 10.0. The van der Waals surface area contributed by atoms with Crippen LogP contribution in [0, 0.1) is 0 Å². The van der Waals surface area contributed by atoms with Crippen molar-refractivity contribution in [2.45, 2.75) is 20.8 Å². The van der Waals surface area contributed by atoms with E-state index in [2.05, 4.69) is 15.0 Å². The fraction of sp³-hybridized carbons (Fsp3) is 0.250. The predicted octanol–water partition coefficient (Wildman–Crippen LogP) is 4.25. The van der Waals surface area contributed by atoms with Gasteiger partial charge in [-0.2, -0.15) is 0 Å². The van der Waals surface area contributed by atoms with Crippen molar-refractivity contribution < 1.29 is 14.2 Å². The second-order valence-electron chi connectivity index (χ2n) is 6.83. The van der Waals surface area contributed by atoms with Gasteiger partial charge in [-0.15, -0.1) is 0 Å². The first-order chi connectivity index (χ1) is 16.2. The molecule has 168 valence electrons. The monoisotopic (exact) mass is 444 g/mol. The van der Waals surface area contributed by atoms with Crippen LogP contribution in [0.2, 0.25) is 0 Å². The molecule has 0 N–H and O–H groups in total. The van der Waals surface area contributed by atoms with Gasteiger partial charge in [0.05, 0.1) is 38.4 Å². The second kappa shape index (κ2) is 10.4. The molecule has 0 saturated heterocycles. The van der Waals surface area contributed by atoms with E-state index >= 15 is 0 Å². The number of hydrogen-bond acceptors (Lipinski definition) is 9. The van der Waals surface area contributed by atoms with Crippen LogP contribution in [0.1, 0.15) is 20.8 Å². The van der Waals surface area contributed by atoms with E-state index in [-0.39, 0.29) is 0 Å². The zero-order valence-electron chi connectivity index (χ0n) is 18.7. The first-order valence-corrected chi connectivity index (χ1v) is 10.7. The molecular weight excluding hydrogens is 420 g/mol. The van der Waals surface area contributed by atoms with Crippen LogP contribution in [-0.4, -0.2) is 49.7 Å². The minimum absolute atomic E-state index is 0.452. The highest BCUT2D eigenvalue weighted by Crippen LogP contribution is 2.28. The normalized spacial score (nSPS) is 10.6. The second-order valence-corrected chi connectivity index (χ2v) is 6.83. The van der Waals surface area contributed by atoms with E-state index in [1.165, 1.54) is 0 Å². The standard InChI is InChI=1S/C24H24N6O3/c1-4-31-19-7-16(10-25-13-19)22-28-23(17-8-20(32-5-2)14-26-11-17)30-24(29-22)18-9-21(33-6-3)15-27-12-18/h7-15H,4-6H2,1-3H3. The minimum Gasteiger partial charge on any atom is -0.492 e. The molecule has 0 atom stereocenters. The van der Waals surface area contributed by atoms with Crippen molar-refractivity contribution >= 4 is 0 Å². The van der Waals surface area contributed by atoms with Gasteiger partial charge in [0, 0.05) is 35.3 Å². The zero-order chi connectivity index (χ0) is 23.0. The molecule has 0 saturated carbocycles. The molecule has 33 heavy (non-hydrogen) atoms. The lowest BCUT2D eigenvalue weighted by atomic mass is 10.2. The van der Waals surface area contributed by atoms with Gasteiger partial charge >= 0.3 is 0 Å². The summed E-state index contributed by atoms with van der Waals surface area (Å²) in [5, 5.41) is 0. The number of aromatic nitrogens is 6. The van der Waals surface area contributed by atoms with Crippen molar-refractivity contribution in [2.24, 2.45) is 0 Å². The minimum atomic E-state index is 0.452. The number of nitrogens with zero attached hydrogens (tertiary/aromatic N) is 6. The van der Waals surface area contributed by atoms with E-state index in [1.807, 2.05) is 39.0 Å². The van der Waals surface area contributed by atoms with Gasteiger partial charge in [-0.3, -0.25) is 15.0 Å². The largest absolute Gasteiger partial charge is 0.492 e. The molecule has 0 spiro atoms. The molecule has 4 aromatic heterocycles. The molecule has 0 bridgehead atoms. The molecular formula is C24H24N6O3. The fourth-order valence-corrected chi connectivity index (χ4v) is 3.12. The maximum atomic E-state index is 5.60. The molecule has 4 heterocycles. The van der Waals surface area contributed by atoms with Crippen LogP contribution in [0.5, 0.6) is 17.2 Å². The first kappa shape index (κ1) is 22.1. The molecule has 0 radical (unpaired) electrons. The fourth-order valence-electron chi connectivity index (χ4n) is 3.12. The van der Waals surface area contributed by atoms with Gasteiger partial charge in [-0.05, 0) is 39.0 Å². The lowest BCUT2D eigenvalue weighted by Gasteiger charge is -2.10. The molecule has 0 aromatic carbocycles. The summed E-state index contributed by atoms with van der Waals surface area (Å²) >= 11 is 0. The van der Waals surface area contributed by atoms with Crippen molar-refractivity contribution in [3.63, 3.8) is 0 Å². The summed E-state index contributed by atoms with van der Waals surface area (Å²) in [5.74, 6) is 3.27. The SMILES string of the molecule is CCOc1cncc(-c2nc(-c3cncc(OCC)c3)nc(-c3cncc(OCC)c3)n2)c1. The Labute approximate surface area is 191 Å². The van der Waals surface area contributed by atoms with E-state index < -0.39 is 0 Å². The Morgan fingerprint density at radius 2 is 0.788 bits per heavy atom. The van der Waals surface area contributed by atoms with Crippen LogP contribution >= 0.6 is 0 Å². The van der Waals surface area contributed by atoms with Gasteiger partial charge in [0.15, 0.2) is 17.5 Å². The molecule has 0 aliphatic carbocycles. The average Bonchev–Trinajstić information content (AvgIpc) is 2.85. The zero-order valence-corrected chi connectivity index (χ0v) is 18.7. The van der Waals surface area contributed by atoms with Crippen LogP contribution in [0.4, 0.5) is 0 Å². The highest BCUT2D eigenvalue weighted by atomic mass is 16.5. The molecule has 0 fully saturated rings. The van der Waals surface area contributed by atoms with Crippen molar-refractivity contribution in [2.75, 3.05) is 19.8 Å². The van der Waals surface area contributed by atoms with E-state index in [4.69, 9.17) is 29.2 Å². The molecule has 9 heteroatoms. The van der Waals surface area contributed by atoms with Crippen LogP contribution in [0.3, 0.4) is 0 Å². The van der Waals surface area contributed by atoms with Crippen molar-refractivity contribution in [3.8, 4) is 51.4 Å². The molecule has 0 aliphatic rings. The van der Waals surface area contributed by atoms with Gasteiger partial charge in [0.2, 0.25) is 0 Å². The lowest BCUT2D eigenvalue weighted by molar-refractivity contribution is 0.339. The van der Waals surface area contributed by atoms with Crippen LogP contribution in [0.25, 0.3) is 34.2 Å². The Morgan fingerprint density at radius 1 is 0.485 bits per heavy atom. The first-order valence-electron chi connectivity index (χ1n) is 10.7. The summed E-state index contributed by atoms with van der Waals surface area (Å²) in [7, 11) is 0. The summed E-state index contributed by atoms with van der Waals surface area (Å²) in [4.78, 5) is 26.9. The Hall–Kier alpha value is -4.14. The Bertz CT molecular complexity index is 1070. The van der Waals surface area contributed by atoms with Crippen molar-refractivity contribution in [3.05, 3.63) is 55.4 Å². The third-order valence-corrected chi connectivity index (χ3v) is 4.48. The summed E-state index contributed by atoms with van der Waals surface area (Å²) in [6, 6.07) is 5.55. The van der Waals surface area contributed by atoms with Gasteiger partial charge in [-0.1, -0.05) is 0 Å². The number of ether oxygens (including phenoxy) is 3.